The van der Waals surface area contributed by atoms with Gasteiger partial charge in [0.05, 0.1) is 24.3 Å². The zero-order chi connectivity index (χ0) is 13.5. The van der Waals surface area contributed by atoms with Crippen LogP contribution in [-0.2, 0) is 0 Å². The molecule has 0 unspecified atom stereocenters. The van der Waals surface area contributed by atoms with Gasteiger partial charge in [-0.25, -0.2) is 0 Å². The molecule has 4 heteroatoms. The third kappa shape index (κ3) is 3.46. The number of nitrogens with zero attached hydrogens (tertiary/aromatic N) is 2. The number of anilines is 1. The van der Waals surface area contributed by atoms with Gasteiger partial charge in [-0.15, -0.1) is 0 Å². The molecule has 98 valence electrons. The van der Waals surface area contributed by atoms with Crippen LogP contribution >= 0.6 is 0 Å². The second-order valence-electron chi connectivity index (χ2n) is 4.27. The van der Waals surface area contributed by atoms with E-state index in [9.17, 15) is 5.11 Å². The van der Waals surface area contributed by atoms with Gasteiger partial charge in [0, 0.05) is 24.3 Å². The molecule has 0 saturated carbocycles. The zero-order valence-electron chi connectivity index (χ0n) is 10.9. The van der Waals surface area contributed by atoms with Crippen molar-refractivity contribution in [3.63, 3.8) is 0 Å². The van der Waals surface area contributed by atoms with Gasteiger partial charge in [-0.05, 0) is 25.5 Å². The van der Waals surface area contributed by atoms with Gasteiger partial charge in [-0.3, -0.25) is 0 Å². The molecule has 0 saturated heterocycles. The van der Waals surface area contributed by atoms with E-state index >= 15 is 0 Å². The molecule has 0 spiro atoms. The first-order chi connectivity index (χ1) is 8.63. The highest BCUT2D eigenvalue weighted by atomic mass is 16.3. The summed E-state index contributed by atoms with van der Waals surface area (Å²) in [5, 5.41) is 27.8. The molecule has 0 aliphatic heterocycles. The van der Waals surface area contributed by atoms with Crippen molar-refractivity contribution in [2.45, 2.75) is 26.4 Å². The van der Waals surface area contributed by atoms with Crippen molar-refractivity contribution in [3.05, 3.63) is 29.3 Å². The highest BCUT2D eigenvalue weighted by Gasteiger charge is 2.14. The van der Waals surface area contributed by atoms with Gasteiger partial charge in [0.15, 0.2) is 0 Å². The Morgan fingerprint density at radius 3 is 2.61 bits per heavy atom. The standard InChI is InChI=1S/C14H20N2O2/c1-3-6-16(7-8-17)14-9-12(10-15)4-5-13(14)11(2)18/h4-5,9,11,17-18H,3,6-8H2,1-2H3/t11-/m1/s1. The summed E-state index contributed by atoms with van der Waals surface area (Å²) in [6.07, 6.45) is 0.349. The van der Waals surface area contributed by atoms with E-state index in [-0.39, 0.29) is 6.61 Å². The average Bonchev–Trinajstić information content (AvgIpc) is 2.37. The molecule has 0 bridgehead atoms. The van der Waals surface area contributed by atoms with E-state index in [1.54, 1.807) is 25.1 Å². The highest BCUT2D eigenvalue weighted by Crippen LogP contribution is 2.27. The van der Waals surface area contributed by atoms with Crippen LogP contribution in [0.25, 0.3) is 0 Å². The van der Waals surface area contributed by atoms with Crippen molar-refractivity contribution < 1.29 is 10.2 Å². The fraction of sp³-hybridized carbons (Fsp3) is 0.500. The normalized spacial score (nSPS) is 11.9. The predicted octanol–water partition coefficient (Wildman–Crippen LogP) is 1.82. The maximum atomic E-state index is 9.78. The van der Waals surface area contributed by atoms with Crippen LogP contribution in [0.1, 0.15) is 37.5 Å². The van der Waals surface area contributed by atoms with Crippen molar-refractivity contribution in [3.8, 4) is 6.07 Å². The van der Waals surface area contributed by atoms with E-state index in [1.165, 1.54) is 0 Å². The molecule has 0 aliphatic rings. The maximum Gasteiger partial charge on any atom is 0.0992 e. The smallest absolute Gasteiger partial charge is 0.0992 e. The second-order valence-corrected chi connectivity index (χ2v) is 4.27. The molecule has 1 aromatic rings. The first-order valence-corrected chi connectivity index (χ1v) is 6.22. The third-order valence-corrected chi connectivity index (χ3v) is 2.81. The number of nitriles is 1. The van der Waals surface area contributed by atoms with Crippen molar-refractivity contribution in [1.29, 1.82) is 5.26 Å². The predicted molar refractivity (Wildman–Crippen MR) is 71.4 cm³/mol. The molecule has 0 heterocycles. The molecule has 1 atom stereocenters. The lowest BCUT2D eigenvalue weighted by Crippen LogP contribution is -2.28. The zero-order valence-corrected chi connectivity index (χ0v) is 10.9. The molecule has 1 aromatic carbocycles. The Bertz CT molecular complexity index is 418. The fourth-order valence-electron chi connectivity index (χ4n) is 1.98. The van der Waals surface area contributed by atoms with Gasteiger partial charge in [0.25, 0.3) is 0 Å². The molecule has 0 aliphatic carbocycles. The summed E-state index contributed by atoms with van der Waals surface area (Å²) in [7, 11) is 0. The Balaban J connectivity index is 3.19. The third-order valence-electron chi connectivity index (χ3n) is 2.81. The van der Waals surface area contributed by atoms with E-state index < -0.39 is 6.10 Å². The molecule has 1 rings (SSSR count). The molecule has 0 fully saturated rings. The lowest BCUT2D eigenvalue weighted by atomic mass is 10.0. The van der Waals surface area contributed by atoms with Crippen LogP contribution in [0.3, 0.4) is 0 Å². The van der Waals surface area contributed by atoms with Crippen molar-refractivity contribution >= 4 is 5.69 Å². The average molecular weight is 248 g/mol. The first kappa shape index (κ1) is 14.5. The molecular formula is C14H20N2O2. The molecule has 0 radical (unpaired) electrons. The van der Waals surface area contributed by atoms with Gasteiger partial charge in [0.2, 0.25) is 0 Å². The Hall–Kier alpha value is -1.57. The molecule has 4 nitrogen and oxygen atoms in total. The van der Waals surface area contributed by atoms with Crippen LogP contribution in [0, 0.1) is 11.3 Å². The lowest BCUT2D eigenvalue weighted by molar-refractivity contribution is 0.199. The van der Waals surface area contributed by atoms with E-state index in [1.807, 2.05) is 4.90 Å². The second kappa shape index (κ2) is 7.00. The summed E-state index contributed by atoms with van der Waals surface area (Å²) in [5.74, 6) is 0. The van der Waals surface area contributed by atoms with Crippen molar-refractivity contribution in [2.24, 2.45) is 0 Å². The Morgan fingerprint density at radius 1 is 1.39 bits per heavy atom. The number of hydrogen-bond acceptors (Lipinski definition) is 4. The monoisotopic (exact) mass is 248 g/mol. The van der Waals surface area contributed by atoms with Crippen LogP contribution in [0.5, 0.6) is 0 Å². The van der Waals surface area contributed by atoms with Crippen LogP contribution in [0.2, 0.25) is 0 Å². The first-order valence-electron chi connectivity index (χ1n) is 6.22. The Kier molecular flexibility index (Phi) is 5.63. The molecule has 0 amide bonds. The Labute approximate surface area is 108 Å². The molecular weight excluding hydrogens is 228 g/mol. The number of benzene rings is 1. The quantitative estimate of drug-likeness (QED) is 0.806. The topological polar surface area (TPSA) is 67.5 Å². The number of hydrogen-bond donors (Lipinski definition) is 2. The molecule has 0 aromatic heterocycles. The van der Waals surface area contributed by atoms with Gasteiger partial charge in [-0.2, -0.15) is 5.26 Å². The summed E-state index contributed by atoms with van der Waals surface area (Å²) in [5.41, 5.74) is 2.18. The summed E-state index contributed by atoms with van der Waals surface area (Å²) in [6.45, 7) is 5.10. The Morgan fingerprint density at radius 2 is 2.11 bits per heavy atom. The minimum absolute atomic E-state index is 0.0516. The van der Waals surface area contributed by atoms with Crippen LogP contribution in [-0.4, -0.2) is 29.9 Å². The van der Waals surface area contributed by atoms with Crippen LogP contribution in [0.15, 0.2) is 18.2 Å². The fourth-order valence-corrected chi connectivity index (χ4v) is 1.98. The van der Waals surface area contributed by atoms with E-state index in [0.717, 1.165) is 24.2 Å². The number of rotatable bonds is 6. The minimum Gasteiger partial charge on any atom is -0.395 e. The highest BCUT2D eigenvalue weighted by molar-refractivity contribution is 5.58. The van der Waals surface area contributed by atoms with Crippen LogP contribution < -0.4 is 4.90 Å². The SMILES string of the molecule is CCCN(CCO)c1cc(C#N)ccc1[C@@H](C)O. The van der Waals surface area contributed by atoms with E-state index in [4.69, 9.17) is 10.4 Å². The van der Waals surface area contributed by atoms with Crippen molar-refractivity contribution in [2.75, 3.05) is 24.6 Å². The maximum absolute atomic E-state index is 9.78. The van der Waals surface area contributed by atoms with Gasteiger partial charge in [-0.1, -0.05) is 13.0 Å². The van der Waals surface area contributed by atoms with Crippen molar-refractivity contribution in [1.82, 2.24) is 0 Å². The minimum atomic E-state index is -0.592. The summed E-state index contributed by atoms with van der Waals surface area (Å²) < 4.78 is 0. The van der Waals surface area contributed by atoms with Gasteiger partial charge >= 0.3 is 0 Å². The molecule has 2 N–H and O–H groups in total. The molecule has 18 heavy (non-hydrogen) atoms. The van der Waals surface area contributed by atoms with Crippen LogP contribution in [0.4, 0.5) is 5.69 Å². The van der Waals surface area contributed by atoms with E-state index in [2.05, 4.69) is 13.0 Å². The van der Waals surface area contributed by atoms with Gasteiger partial charge < -0.3 is 15.1 Å². The summed E-state index contributed by atoms with van der Waals surface area (Å²) in [4.78, 5) is 2.00. The largest absolute Gasteiger partial charge is 0.395 e. The van der Waals surface area contributed by atoms with Gasteiger partial charge in [0.1, 0.15) is 0 Å². The van der Waals surface area contributed by atoms with E-state index in [0.29, 0.717) is 12.1 Å². The summed E-state index contributed by atoms with van der Waals surface area (Å²) >= 11 is 0. The lowest BCUT2D eigenvalue weighted by Gasteiger charge is -2.27. The summed E-state index contributed by atoms with van der Waals surface area (Å²) in [6, 6.07) is 7.35. The number of aliphatic hydroxyl groups excluding tert-OH is 2. The number of aliphatic hydroxyl groups is 2.